The maximum absolute atomic E-state index is 12.4. The number of hydrogen-bond acceptors (Lipinski definition) is 6. The van der Waals surface area contributed by atoms with Crippen molar-refractivity contribution in [1.82, 2.24) is 14.8 Å². The van der Waals surface area contributed by atoms with Gasteiger partial charge in [0.1, 0.15) is 11.6 Å². The first-order valence-corrected chi connectivity index (χ1v) is 10.4. The summed E-state index contributed by atoms with van der Waals surface area (Å²) in [6.07, 6.45) is 0.0869. The van der Waals surface area contributed by atoms with Gasteiger partial charge in [0.2, 0.25) is 11.8 Å². The second-order valence-corrected chi connectivity index (χ2v) is 7.24. The molecular formula is C21H23N5O3S. The van der Waals surface area contributed by atoms with Crippen LogP contribution in [0.1, 0.15) is 12.7 Å². The third-order valence-corrected chi connectivity index (χ3v) is 5.16. The number of carbonyl (C=O) groups is 2. The minimum absolute atomic E-state index is 0.0869. The van der Waals surface area contributed by atoms with E-state index in [9.17, 15) is 9.59 Å². The monoisotopic (exact) mass is 425 g/mol. The maximum Gasteiger partial charge on any atom is 0.234 e. The first-order valence-electron chi connectivity index (χ1n) is 9.42. The minimum Gasteiger partial charge on any atom is -0.497 e. The Bertz CT molecular complexity index is 990. The molecule has 2 N–H and O–H groups in total. The van der Waals surface area contributed by atoms with Gasteiger partial charge < -0.3 is 19.9 Å². The maximum atomic E-state index is 12.4. The number of hydrogen-bond donors (Lipinski definition) is 2. The molecule has 0 fully saturated rings. The molecule has 0 unspecified atom stereocenters. The van der Waals surface area contributed by atoms with E-state index in [1.165, 1.54) is 11.8 Å². The molecule has 156 valence electrons. The van der Waals surface area contributed by atoms with Crippen molar-refractivity contribution in [3.8, 4) is 5.75 Å². The standard InChI is InChI=1S/C21H23N5O3S/c1-3-26-18(13-19(27)22-16-9-11-17(29-2)12-10-16)24-25-21(26)30-14-20(28)23-15-7-5-4-6-8-15/h4-12H,3,13-14H2,1-2H3,(H,22,27)(H,23,28). The molecule has 0 aliphatic heterocycles. The average Bonchev–Trinajstić information content (AvgIpc) is 3.14. The Morgan fingerprint density at radius 2 is 1.63 bits per heavy atom. The van der Waals surface area contributed by atoms with E-state index in [0.717, 1.165) is 11.4 Å². The van der Waals surface area contributed by atoms with E-state index in [2.05, 4.69) is 20.8 Å². The van der Waals surface area contributed by atoms with Crippen molar-refractivity contribution in [1.29, 1.82) is 0 Å². The van der Waals surface area contributed by atoms with E-state index < -0.39 is 0 Å². The van der Waals surface area contributed by atoms with Crippen LogP contribution in [-0.4, -0.2) is 39.4 Å². The lowest BCUT2D eigenvalue weighted by Gasteiger charge is -2.09. The molecule has 0 aliphatic carbocycles. The number of anilines is 2. The Kier molecular flexibility index (Phi) is 7.45. The highest BCUT2D eigenvalue weighted by Crippen LogP contribution is 2.19. The number of rotatable bonds is 9. The SMILES string of the molecule is CCn1c(CC(=O)Nc2ccc(OC)cc2)nnc1SCC(=O)Nc1ccccc1. The Hall–Kier alpha value is -3.33. The normalized spacial score (nSPS) is 10.5. The van der Waals surface area contributed by atoms with Gasteiger partial charge >= 0.3 is 0 Å². The number of nitrogens with one attached hydrogen (secondary N) is 2. The largest absolute Gasteiger partial charge is 0.497 e. The Morgan fingerprint density at radius 3 is 2.30 bits per heavy atom. The van der Waals surface area contributed by atoms with Crippen LogP contribution >= 0.6 is 11.8 Å². The molecule has 3 aromatic rings. The van der Waals surface area contributed by atoms with E-state index in [0.29, 0.717) is 23.2 Å². The molecule has 0 saturated heterocycles. The van der Waals surface area contributed by atoms with E-state index >= 15 is 0 Å². The Balaban J connectivity index is 1.56. The zero-order chi connectivity index (χ0) is 21.3. The van der Waals surface area contributed by atoms with Gasteiger partial charge in [-0.25, -0.2) is 0 Å². The van der Waals surface area contributed by atoms with Gasteiger partial charge in [-0.1, -0.05) is 30.0 Å². The molecule has 1 aromatic heterocycles. The number of ether oxygens (including phenoxy) is 1. The second kappa shape index (κ2) is 10.4. The van der Waals surface area contributed by atoms with Gasteiger partial charge in [0.15, 0.2) is 5.16 Å². The van der Waals surface area contributed by atoms with Crippen molar-refractivity contribution >= 4 is 35.0 Å². The van der Waals surface area contributed by atoms with Gasteiger partial charge in [-0.15, -0.1) is 10.2 Å². The zero-order valence-corrected chi connectivity index (χ0v) is 17.6. The van der Waals surface area contributed by atoms with Crippen molar-refractivity contribution in [3.63, 3.8) is 0 Å². The lowest BCUT2D eigenvalue weighted by atomic mass is 10.3. The van der Waals surface area contributed by atoms with Crippen molar-refractivity contribution in [3.05, 3.63) is 60.4 Å². The van der Waals surface area contributed by atoms with Crippen molar-refractivity contribution in [2.45, 2.75) is 25.0 Å². The number of thioether (sulfide) groups is 1. The summed E-state index contributed by atoms with van der Waals surface area (Å²) >= 11 is 1.29. The fraction of sp³-hybridized carbons (Fsp3) is 0.238. The average molecular weight is 426 g/mol. The highest BCUT2D eigenvalue weighted by molar-refractivity contribution is 7.99. The van der Waals surface area contributed by atoms with Crippen molar-refractivity contribution in [2.24, 2.45) is 0 Å². The van der Waals surface area contributed by atoms with Crippen LogP contribution in [-0.2, 0) is 22.6 Å². The van der Waals surface area contributed by atoms with Crippen LogP contribution in [0.25, 0.3) is 0 Å². The summed E-state index contributed by atoms with van der Waals surface area (Å²) in [7, 11) is 1.59. The molecule has 9 heteroatoms. The van der Waals surface area contributed by atoms with E-state index in [-0.39, 0.29) is 24.0 Å². The lowest BCUT2D eigenvalue weighted by Crippen LogP contribution is -2.18. The summed E-state index contributed by atoms with van der Waals surface area (Å²) in [6.45, 7) is 2.54. The van der Waals surface area contributed by atoms with Crippen LogP contribution in [0.3, 0.4) is 0 Å². The lowest BCUT2D eigenvalue weighted by molar-refractivity contribution is -0.116. The van der Waals surface area contributed by atoms with Crippen LogP contribution in [0.5, 0.6) is 5.75 Å². The molecular weight excluding hydrogens is 402 g/mol. The number of para-hydroxylation sites is 1. The van der Waals surface area contributed by atoms with Gasteiger partial charge in [-0.3, -0.25) is 9.59 Å². The summed E-state index contributed by atoms with van der Waals surface area (Å²) in [5, 5.41) is 14.6. The van der Waals surface area contributed by atoms with Gasteiger partial charge in [0, 0.05) is 17.9 Å². The summed E-state index contributed by atoms with van der Waals surface area (Å²) in [4.78, 5) is 24.5. The fourth-order valence-corrected chi connectivity index (χ4v) is 3.57. The van der Waals surface area contributed by atoms with E-state index in [1.807, 2.05) is 41.8 Å². The summed E-state index contributed by atoms with van der Waals surface area (Å²) in [5.41, 5.74) is 1.42. The third-order valence-electron chi connectivity index (χ3n) is 4.19. The zero-order valence-electron chi connectivity index (χ0n) is 16.8. The first kappa shape index (κ1) is 21.4. The quantitative estimate of drug-likeness (QED) is 0.511. The molecule has 3 rings (SSSR count). The molecule has 0 radical (unpaired) electrons. The molecule has 2 aromatic carbocycles. The number of carbonyl (C=O) groups excluding carboxylic acids is 2. The summed E-state index contributed by atoms with van der Waals surface area (Å²) in [6, 6.07) is 16.4. The molecule has 0 aliphatic rings. The van der Waals surface area contributed by atoms with Crippen LogP contribution in [0.4, 0.5) is 11.4 Å². The molecule has 8 nitrogen and oxygen atoms in total. The highest BCUT2D eigenvalue weighted by atomic mass is 32.2. The van der Waals surface area contributed by atoms with Crippen LogP contribution < -0.4 is 15.4 Å². The number of nitrogens with zero attached hydrogens (tertiary/aromatic N) is 3. The number of benzene rings is 2. The van der Waals surface area contributed by atoms with E-state index in [4.69, 9.17) is 4.74 Å². The second-order valence-electron chi connectivity index (χ2n) is 6.30. The predicted octanol–water partition coefficient (Wildman–Crippen LogP) is 3.22. The minimum atomic E-state index is -0.194. The third kappa shape index (κ3) is 5.84. The van der Waals surface area contributed by atoms with Gasteiger partial charge in [0.25, 0.3) is 0 Å². The molecule has 0 bridgehead atoms. The number of methoxy groups -OCH3 is 1. The van der Waals surface area contributed by atoms with Crippen molar-refractivity contribution < 1.29 is 14.3 Å². The molecule has 0 saturated carbocycles. The Labute approximate surface area is 179 Å². The first-order chi connectivity index (χ1) is 14.6. The Morgan fingerprint density at radius 1 is 0.967 bits per heavy atom. The molecule has 30 heavy (non-hydrogen) atoms. The van der Waals surface area contributed by atoms with Crippen LogP contribution in [0.2, 0.25) is 0 Å². The van der Waals surface area contributed by atoms with Gasteiger partial charge in [-0.05, 0) is 43.3 Å². The number of amides is 2. The summed E-state index contributed by atoms with van der Waals surface area (Å²) < 4.78 is 6.95. The molecule has 0 spiro atoms. The van der Waals surface area contributed by atoms with Crippen molar-refractivity contribution in [2.75, 3.05) is 23.5 Å². The van der Waals surface area contributed by atoms with Gasteiger partial charge in [-0.2, -0.15) is 0 Å². The highest BCUT2D eigenvalue weighted by Gasteiger charge is 2.16. The molecule has 2 amide bonds. The smallest absolute Gasteiger partial charge is 0.234 e. The topological polar surface area (TPSA) is 98.1 Å². The van der Waals surface area contributed by atoms with E-state index in [1.54, 1.807) is 31.4 Å². The van der Waals surface area contributed by atoms with Crippen LogP contribution in [0.15, 0.2) is 59.8 Å². The predicted molar refractivity (Wildman–Crippen MR) is 117 cm³/mol. The van der Waals surface area contributed by atoms with Crippen LogP contribution in [0, 0.1) is 0 Å². The molecule has 0 atom stereocenters. The summed E-state index contributed by atoms with van der Waals surface area (Å²) in [5.74, 6) is 1.15. The van der Waals surface area contributed by atoms with Gasteiger partial charge in [0.05, 0.1) is 19.3 Å². The molecule has 1 heterocycles. The number of aromatic nitrogens is 3. The fourth-order valence-electron chi connectivity index (χ4n) is 2.75.